The number of rotatable bonds is 9. The monoisotopic (exact) mass is 423 g/mol. The summed E-state index contributed by atoms with van der Waals surface area (Å²) >= 11 is 0. The number of ether oxygens (including phenoxy) is 1. The lowest BCUT2D eigenvalue weighted by Gasteiger charge is -2.18. The number of aldehydes is 1. The van der Waals surface area contributed by atoms with Crippen molar-refractivity contribution in [2.45, 2.75) is 46.1 Å². The van der Waals surface area contributed by atoms with Crippen molar-refractivity contribution in [2.75, 3.05) is 5.73 Å². The Bertz CT molecular complexity index is 1150. The van der Waals surface area contributed by atoms with Gasteiger partial charge in [-0.15, -0.1) is 0 Å². The van der Waals surface area contributed by atoms with Gasteiger partial charge in [0.05, 0.1) is 22.6 Å². The highest BCUT2D eigenvalue weighted by Gasteiger charge is 2.29. The number of fused-ring (bicyclic) bond motifs is 1. The molecule has 0 fully saturated rings. The second kappa shape index (κ2) is 8.99. The number of ketones is 1. The minimum absolute atomic E-state index is 0.0228. The van der Waals surface area contributed by atoms with Crippen molar-refractivity contribution >= 4 is 29.2 Å². The van der Waals surface area contributed by atoms with Crippen LogP contribution in [0, 0.1) is 6.92 Å². The Morgan fingerprint density at radius 2 is 1.97 bits per heavy atom. The van der Waals surface area contributed by atoms with Gasteiger partial charge in [-0.3, -0.25) is 9.59 Å². The zero-order chi connectivity index (χ0) is 22.7. The van der Waals surface area contributed by atoms with Gasteiger partial charge < -0.3 is 15.6 Å². The van der Waals surface area contributed by atoms with Crippen LogP contribution in [0.1, 0.15) is 53.1 Å². The Balaban J connectivity index is 2.36. The van der Waals surface area contributed by atoms with Crippen LogP contribution in [0.3, 0.4) is 0 Å². The molecule has 0 amide bonds. The maximum absolute atomic E-state index is 12.5. The quantitative estimate of drug-likeness (QED) is 0.308. The van der Waals surface area contributed by atoms with Gasteiger partial charge in [0.25, 0.3) is 0 Å². The van der Waals surface area contributed by atoms with Crippen LogP contribution in [-0.4, -0.2) is 38.9 Å². The Labute approximate surface area is 179 Å². The van der Waals surface area contributed by atoms with Crippen LogP contribution in [0.2, 0.25) is 0 Å². The van der Waals surface area contributed by atoms with Gasteiger partial charge in [-0.05, 0) is 31.4 Å². The molecule has 2 heterocycles. The normalized spacial score (nSPS) is 12.0. The van der Waals surface area contributed by atoms with E-state index in [9.17, 15) is 19.5 Å². The molecule has 1 atom stereocenters. The molecular weight excluding hydrogens is 398 g/mol. The summed E-state index contributed by atoms with van der Waals surface area (Å²) in [6, 6.07) is 9.76. The van der Waals surface area contributed by atoms with Crippen LogP contribution < -0.4 is 10.5 Å². The second-order valence-corrected chi connectivity index (χ2v) is 7.39. The smallest absolute Gasteiger partial charge is 0.344 e. The van der Waals surface area contributed by atoms with Crippen molar-refractivity contribution in [3.05, 3.63) is 58.4 Å². The molecular formula is C23H25N3O5. The number of nitrogens with zero attached hydrogens (tertiary/aromatic N) is 2. The summed E-state index contributed by atoms with van der Waals surface area (Å²) in [4.78, 5) is 35.4. The lowest BCUT2D eigenvalue weighted by atomic mass is 10.0. The van der Waals surface area contributed by atoms with Crippen molar-refractivity contribution < 1.29 is 24.2 Å². The average molecular weight is 423 g/mol. The van der Waals surface area contributed by atoms with Crippen LogP contribution >= 0.6 is 0 Å². The van der Waals surface area contributed by atoms with E-state index in [0.717, 1.165) is 16.8 Å². The van der Waals surface area contributed by atoms with E-state index in [0.29, 0.717) is 36.2 Å². The van der Waals surface area contributed by atoms with Crippen molar-refractivity contribution in [3.63, 3.8) is 0 Å². The number of carboxylic acid groups (broad SMARTS) is 1. The van der Waals surface area contributed by atoms with Crippen LogP contribution in [0.4, 0.5) is 5.69 Å². The molecule has 0 bridgehead atoms. The Hall–Kier alpha value is -3.68. The van der Waals surface area contributed by atoms with Gasteiger partial charge in [0.15, 0.2) is 18.1 Å². The largest absolute Gasteiger partial charge is 0.479 e. The number of nitrogen functional groups attached to an aromatic ring is 1. The van der Waals surface area contributed by atoms with E-state index in [1.807, 2.05) is 44.2 Å². The molecule has 0 saturated heterocycles. The number of aryl methyl sites for hydroxylation is 1. The van der Waals surface area contributed by atoms with E-state index in [4.69, 9.17) is 10.5 Å². The van der Waals surface area contributed by atoms with E-state index >= 15 is 0 Å². The van der Waals surface area contributed by atoms with Crippen molar-refractivity contribution in [1.29, 1.82) is 0 Å². The molecule has 0 aliphatic rings. The van der Waals surface area contributed by atoms with Gasteiger partial charge in [-0.1, -0.05) is 43.7 Å². The average Bonchev–Trinajstić information content (AvgIpc) is 2.98. The van der Waals surface area contributed by atoms with Crippen molar-refractivity contribution in [2.24, 2.45) is 0 Å². The zero-order valence-corrected chi connectivity index (χ0v) is 17.7. The number of carboxylic acids is 1. The molecule has 3 aromatic rings. The summed E-state index contributed by atoms with van der Waals surface area (Å²) in [6.07, 6.45) is 0.520. The van der Waals surface area contributed by atoms with E-state index in [1.54, 1.807) is 4.52 Å². The number of carbonyl (C=O) groups is 3. The first-order chi connectivity index (χ1) is 14.8. The molecule has 0 aliphatic heterocycles. The fourth-order valence-electron chi connectivity index (χ4n) is 3.55. The minimum atomic E-state index is -1.26. The van der Waals surface area contributed by atoms with Crippen molar-refractivity contribution in [1.82, 2.24) is 9.61 Å². The maximum atomic E-state index is 12.5. The van der Waals surface area contributed by atoms with Gasteiger partial charge >= 0.3 is 5.97 Å². The molecule has 3 rings (SSSR count). The molecule has 3 N–H and O–H groups in total. The molecule has 0 radical (unpaired) electrons. The highest BCUT2D eigenvalue weighted by atomic mass is 16.5. The highest BCUT2D eigenvalue weighted by Crippen LogP contribution is 2.37. The SMILES string of the molecule is CCCc1nn2c(Cc3ccccc3)c(C)c(N)c2c(OC(C)C(=O)O)c1C(=O)C=O. The first-order valence-electron chi connectivity index (χ1n) is 10.1. The lowest BCUT2D eigenvalue weighted by Crippen LogP contribution is -2.25. The number of nitrogens with two attached hydrogens (primary N) is 1. The first kappa shape index (κ1) is 22.0. The van der Waals surface area contributed by atoms with Crippen molar-refractivity contribution in [3.8, 4) is 5.75 Å². The van der Waals surface area contributed by atoms with Crippen LogP contribution in [0.5, 0.6) is 5.75 Å². The summed E-state index contributed by atoms with van der Waals surface area (Å²) in [5, 5.41) is 14.0. The number of hydrogen-bond donors (Lipinski definition) is 2. The Kier molecular flexibility index (Phi) is 6.39. The number of anilines is 1. The molecule has 162 valence electrons. The molecule has 1 aromatic carbocycles. The molecule has 0 aliphatic carbocycles. The summed E-state index contributed by atoms with van der Waals surface area (Å²) in [7, 11) is 0. The topological polar surface area (TPSA) is 124 Å². The molecule has 31 heavy (non-hydrogen) atoms. The maximum Gasteiger partial charge on any atom is 0.344 e. The fraction of sp³-hybridized carbons (Fsp3) is 0.304. The number of aliphatic carboxylic acids is 1. The second-order valence-electron chi connectivity index (χ2n) is 7.39. The Morgan fingerprint density at radius 1 is 1.29 bits per heavy atom. The van der Waals surface area contributed by atoms with Gasteiger partial charge in [0.2, 0.25) is 5.78 Å². The molecule has 8 heteroatoms. The van der Waals surface area contributed by atoms with E-state index in [2.05, 4.69) is 5.10 Å². The first-order valence-corrected chi connectivity index (χ1v) is 10.1. The fourth-order valence-corrected chi connectivity index (χ4v) is 3.55. The van der Waals surface area contributed by atoms with E-state index in [1.165, 1.54) is 6.92 Å². The third kappa shape index (κ3) is 4.14. The molecule has 2 aromatic heterocycles. The number of carbonyl (C=O) groups excluding carboxylic acids is 2. The predicted molar refractivity (Wildman–Crippen MR) is 116 cm³/mol. The molecule has 0 spiro atoms. The molecule has 1 unspecified atom stereocenters. The zero-order valence-electron chi connectivity index (χ0n) is 17.7. The van der Waals surface area contributed by atoms with Crippen LogP contribution in [0.15, 0.2) is 30.3 Å². The summed E-state index contributed by atoms with van der Waals surface area (Å²) in [5.41, 5.74) is 9.94. The lowest BCUT2D eigenvalue weighted by molar-refractivity contribution is -0.144. The van der Waals surface area contributed by atoms with Gasteiger partial charge in [-0.25, -0.2) is 9.31 Å². The summed E-state index contributed by atoms with van der Waals surface area (Å²) < 4.78 is 7.33. The standard InChI is InChI=1S/C23H25N3O5/c1-4-8-16-19(18(28)12-27)22(31-14(3)23(29)30)21-20(24)13(2)17(26(21)25-16)11-15-9-6-5-7-10-15/h5-7,9-10,12,14H,4,8,11,24H2,1-3H3,(H,29,30). The van der Waals surface area contributed by atoms with E-state index < -0.39 is 17.9 Å². The summed E-state index contributed by atoms with van der Waals surface area (Å²) in [6.45, 7) is 5.11. The van der Waals surface area contributed by atoms with Gasteiger partial charge in [-0.2, -0.15) is 5.10 Å². The third-order valence-corrected chi connectivity index (χ3v) is 5.21. The van der Waals surface area contributed by atoms with Crippen LogP contribution in [-0.2, 0) is 22.4 Å². The van der Waals surface area contributed by atoms with E-state index in [-0.39, 0.29) is 17.6 Å². The predicted octanol–water partition coefficient (Wildman–Crippen LogP) is 3.00. The number of aromatic nitrogens is 2. The third-order valence-electron chi connectivity index (χ3n) is 5.21. The number of Topliss-reactive ketones (excluding diaryl/α,β-unsaturated/α-hetero) is 1. The molecule has 0 saturated carbocycles. The number of hydrogen-bond acceptors (Lipinski definition) is 6. The molecule has 8 nitrogen and oxygen atoms in total. The van der Waals surface area contributed by atoms with Gasteiger partial charge in [0, 0.05) is 6.42 Å². The van der Waals surface area contributed by atoms with Gasteiger partial charge in [0.1, 0.15) is 5.52 Å². The minimum Gasteiger partial charge on any atom is -0.479 e. The number of benzene rings is 1. The highest BCUT2D eigenvalue weighted by molar-refractivity contribution is 6.35. The summed E-state index contributed by atoms with van der Waals surface area (Å²) in [5.74, 6) is -2.05. The Morgan fingerprint density at radius 3 is 2.55 bits per heavy atom. The van der Waals surface area contributed by atoms with Crippen LogP contribution in [0.25, 0.3) is 5.52 Å².